The van der Waals surface area contributed by atoms with Crippen molar-refractivity contribution in [2.45, 2.75) is 63.6 Å². The van der Waals surface area contributed by atoms with Crippen LogP contribution in [0.2, 0.25) is 0 Å². The number of nitrogens with zero attached hydrogens (tertiary/aromatic N) is 2. The van der Waals surface area contributed by atoms with E-state index in [1.54, 1.807) is 9.80 Å². The largest absolute Gasteiger partial charge is 0.416 e. The van der Waals surface area contributed by atoms with E-state index in [1.165, 1.54) is 6.92 Å². The van der Waals surface area contributed by atoms with Crippen LogP contribution in [0.1, 0.15) is 67.4 Å². The number of hydrogen-bond acceptors (Lipinski definition) is 3. The van der Waals surface area contributed by atoms with Crippen LogP contribution >= 0.6 is 0 Å². The van der Waals surface area contributed by atoms with E-state index in [1.807, 2.05) is 37.3 Å². The Labute approximate surface area is 241 Å². The SMILES string of the molecule is CCNC(=O)N1CCC(C(=O)N2CC[C@H](O[C@H](C)c3cc(C(F)(F)F)cc(C(F)(F)F)c3)[C@H](c3ccccc3)C2)CC1. The molecule has 12 heteroatoms. The van der Waals surface area contributed by atoms with Crippen molar-refractivity contribution < 1.29 is 40.7 Å². The number of piperidine rings is 2. The Morgan fingerprint density at radius 1 is 0.905 bits per heavy atom. The average molecular weight is 600 g/mol. The van der Waals surface area contributed by atoms with Crippen LogP contribution in [0.3, 0.4) is 0 Å². The molecule has 2 aromatic rings. The summed E-state index contributed by atoms with van der Waals surface area (Å²) in [5, 5.41) is 2.77. The summed E-state index contributed by atoms with van der Waals surface area (Å²) in [5.74, 6) is -0.602. The van der Waals surface area contributed by atoms with Gasteiger partial charge in [-0.15, -0.1) is 0 Å². The molecule has 2 aliphatic heterocycles. The van der Waals surface area contributed by atoms with Gasteiger partial charge in [-0.25, -0.2) is 4.79 Å². The van der Waals surface area contributed by atoms with Gasteiger partial charge in [-0.05, 0) is 62.4 Å². The van der Waals surface area contributed by atoms with Gasteiger partial charge in [0.25, 0.3) is 0 Å². The van der Waals surface area contributed by atoms with Crippen molar-refractivity contribution in [1.82, 2.24) is 15.1 Å². The molecule has 3 amide bonds. The van der Waals surface area contributed by atoms with E-state index in [-0.39, 0.29) is 35.4 Å². The molecule has 2 fully saturated rings. The number of alkyl halides is 6. The molecule has 230 valence electrons. The highest BCUT2D eigenvalue weighted by molar-refractivity contribution is 5.80. The third kappa shape index (κ3) is 7.56. The van der Waals surface area contributed by atoms with Gasteiger partial charge in [0, 0.05) is 44.6 Å². The summed E-state index contributed by atoms with van der Waals surface area (Å²) >= 11 is 0. The Balaban J connectivity index is 1.50. The number of ether oxygens (including phenoxy) is 1. The zero-order chi connectivity index (χ0) is 30.7. The van der Waals surface area contributed by atoms with Crippen LogP contribution in [-0.4, -0.2) is 60.6 Å². The second kappa shape index (κ2) is 12.9. The number of nitrogens with one attached hydrogen (secondary N) is 1. The number of hydrogen-bond donors (Lipinski definition) is 1. The van der Waals surface area contributed by atoms with Crippen molar-refractivity contribution in [3.8, 4) is 0 Å². The lowest BCUT2D eigenvalue weighted by Crippen LogP contribution is -2.51. The molecule has 6 nitrogen and oxygen atoms in total. The molecule has 0 aliphatic carbocycles. The van der Waals surface area contributed by atoms with E-state index in [9.17, 15) is 35.9 Å². The lowest BCUT2D eigenvalue weighted by Gasteiger charge is -2.42. The summed E-state index contributed by atoms with van der Waals surface area (Å²) in [6.07, 6.45) is -10.1. The highest BCUT2D eigenvalue weighted by Crippen LogP contribution is 2.40. The van der Waals surface area contributed by atoms with Gasteiger partial charge >= 0.3 is 18.4 Å². The van der Waals surface area contributed by atoms with Gasteiger partial charge in [-0.2, -0.15) is 26.3 Å². The molecule has 2 aliphatic rings. The van der Waals surface area contributed by atoms with Crippen molar-refractivity contribution in [3.05, 3.63) is 70.8 Å². The molecule has 0 saturated carbocycles. The number of carbonyl (C=O) groups is 2. The van der Waals surface area contributed by atoms with Crippen molar-refractivity contribution in [2.75, 3.05) is 32.7 Å². The zero-order valence-corrected chi connectivity index (χ0v) is 23.5. The molecule has 0 spiro atoms. The summed E-state index contributed by atoms with van der Waals surface area (Å²) < 4.78 is 86.8. The Morgan fingerprint density at radius 2 is 1.48 bits per heavy atom. The molecule has 2 heterocycles. The second-order valence-electron chi connectivity index (χ2n) is 10.8. The van der Waals surface area contributed by atoms with Crippen molar-refractivity contribution in [2.24, 2.45) is 5.92 Å². The molecule has 0 radical (unpaired) electrons. The van der Waals surface area contributed by atoms with Gasteiger partial charge in [-0.1, -0.05) is 30.3 Å². The van der Waals surface area contributed by atoms with E-state index in [0.29, 0.717) is 64.1 Å². The van der Waals surface area contributed by atoms with Crippen LogP contribution in [0.4, 0.5) is 31.1 Å². The minimum atomic E-state index is -4.95. The fraction of sp³-hybridized carbons (Fsp3) is 0.533. The number of urea groups is 1. The topological polar surface area (TPSA) is 61.9 Å². The Hall–Kier alpha value is -3.28. The third-order valence-electron chi connectivity index (χ3n) is 8.01. The molecule has 0 aromatic heterocycles. The lowest BCUT2D eigenvalue weighted by atomic mass is 9.86. The lowest BCUT2D eigenvalue weighted by molar-refractivity contribution is -0.143. The van der Waals surface area contributed by atoms with E-state index in [4.69, 9.17) is 4.74 Å². The quantitative estimate of drug-likeness (QED) is 0.380. The van der Waals surface area contributed by atoms with E-state index in [2.05, 4.69) is 5.32 Å². The fourth-order valence-corrected chi connectivity index (χ4v) is 5.72. The Bertz CT molecular complexity index is 1200. The molecule has 0 bridgehead atoms. The van der Waals surface area contributed by atoms with E-state index >= 15 is 0 Å². The number of amides is 3. The van der Waals surface area contributed by atoms with Crippen molar-refractivity contribution >= 4 is 11.9 Å². The number of benzene rings is 2. The molecule has 1 N–H and O–H groups in total. The highest BCUT2D eigenvalue weighted by Gasteiger charge is 2.40. The molecule has 2 aromatic carbocycles. The van der Waals surface area contributed by atoms with Crippen LogP contribution in [0, 0.1) is 5.92 Å². The predicted molar refractivity (Wildman–Crippen MR) is 143 cm³/mol. The maximum atomic E-state index is 13.5. The predicted octanol–water partition coefficient (Wildman–Crippen LogP) is 6.63. The molecule has 42 heavy (non-hydrogen) atoms. The summed E-state index contributed by atoms with van der Waals surface area (Å²) in [4.78, 5) is 29.1. The molecular formula is C30H35F6N3O3. The van der Waals surface area contributed by atoms with Crippen LogP contribution in [0.25, 0.3) is 0 Å². The Morgan fingerprint density at radius 3 is 2.02 bits per heavy atom. The molecule has 2 saturated heterocycles. The standard InChI is InChI=1S/C30H35F6N3O3/c1-3-37-28(41)38-12-9-21(10-13-38)27(40)39-14-11-26(25(18-39)20-7-5-4-6-8-20)42-19(2)22-15-23(29(31,32)33)17-24(16-22)30(34,35)36/h4-8,15-17,19,21,25-26H,3,9-14,18H2,1-2H3,(H,37,41)/t19-,25+,26+/m1/s1. The Kier molecular flexibility index (Phi) is 9.74. The maximum Gasteiger partial charge on any atom is 0.416 e. The van der Waals surface area contributed by atoms with Gasteiger partial charge in [-0.3, -0.25) is 4.79 Å². The highest BCUT2D eigenvalue weighted by atomic mass is 19.4. The summed E-state index contributed by atoms with van der Waals surface area (Å²) in [5.41, 5.74) is -2.14. The monoisotopic (exact) mass is 599 g/mol. The van der Waals surface area contributed by atoms with Gasteiger partial charge in [0.05, 0.1) is 23.3 Å². The van der Waals surface area contributed by atoms with Crippen LogP contribution < -0.4 is 5.32 Å². The average Bonchev–Trinajstić information content (AvgIpc) is 2.96. The van der Waals surface area contributed by atoms with Gasteiger partial charge in [0.2, 0.25) is 5.91 Å². The number of likely N-dealkylation sites (tertiary alicyclic amines) is 2. The van der Waals surface area contributed by atoms with Crippen LogP contribution in [-0.2, 0) is 21.9 Å². The third-order valence-corrected chi connectivity index (χ3v) is 8.01. The summed E-state index contributed by atoms with van der Waals surface area (Å²) in [6, 6.07) is 10.6. The molecular weight excluding hydrogens is 564 g/mol. The second-order valence-corrected chi connectivity index (χ2v) is 10.8. The number of rotatable bonds is 6. The first kappa shape index (κ1) is 31.7. The van der Waals surface area contributed by atoms with Crippen molar-refractivity contribution in [1.29, 1.82) is 0 Å². The number of halogens is 6. The van der Waals surface area contributed by atoms with Crippen LogP contribution in [0.5, 0.6) is 0 Å². The first-order valence-corrected chi connectivity index (χ1v) is 14.1. The molecule has 0 unspecified atom stereocenters. The maximum absolute atomic E-state index is 13.5. The molecule has 4 rings (SSSR count). The van der Waals surface area contributed by atoms with E-state index in [0.717, 1.165) is 5.56 Å². The van der Waals surface area contributed by atoms with E-state index < -0.39 is 35.7 Å². The van der Waals surface area contributed by atoms with Crippen molar-refractivity contribution in [3.63, 3.8) is 0 Å². The van der Waals surface area contributed by atoms with Gasteiger partial charge in [0.15, 0.2) is 0 Å². The first-order chi connectivity index (χ1) is 19.8. The normalized spacial score (nSPS) is 21.2. The number of carbonyl (C=O) groups excluding carboxylic acids is 2. The minimum Gasteiger partial charge on any atom is -0.370 e. The summed E-state index contributed by atoms with van der Waals surface area (Å²) in [6.45, 7) is 5.38. The van der Waals surface area contributed by atoms with Gasteiger partial charge in [0.1, 0.15) is 0 Å². The van der Waals surface area contributed by atoms with Gasteiger partial charge < -0.3 is 19.9 Å². The minimum absolute atomic E-state index is 0.0225. The first-order valence-electron chi connectivity index (χ1n) is 14.1. The fourth-order valence-electron chi connectivity index (χ4n) is 5.72. The zero-order valence-electron chi connectivity index (χ0n) is 23.5. The molecule has 3 atom stereocenters. The summed E-state index contributed by atoms with van der Waals surface area (Å²) in [7, 11) is 0. The smallest absolute Gasteiger partial charge is 0.370 e. The van der Waals surface area contributed by atoms with Crippen LogP contribution in [0.15, 0.2) is 48.5 Å².